The number of amides is 2. The van der Waals surface area contributed by atoms with Crippen molar-refractivity contribution < 1.29 is 14.6 Å². The molecular formula is C16H28N2O3. The fraction of sp³-hybridized carbons (Fsp3) is 0.938. The van der Waals surface area contributed by atoms with Gasteiger partial charge in [0, 0.05) is 31.7 Å². The standard InChI is InChI=1S/C16H28N2O3/c19-10-14-11-4-5-12(9-11)15(14)18-16(20)17-7-6-13-3-1-2-8-21-13/h11-15,19H,1-10H2,(H2,17,18,20). The van der Waals surface area contributed by atoms with Crippen LogP contribution in [0.15, 0.2) is 0 Å². The molecule has 0 radical (unpaired) electrons. The summed E-state index contributed by atoms with van der Waals surface area (Å²) in [6.45, 7) is 1.73. The number of nitrogens with one attached hydrogen (secondary N) is 2. The number of rotatable bonds is 5. The predicted octanol–water partition coefficient (Wildman–Crippen LogP) is 1.65. The number of aliphatic hydroxyl groups is 1. The highest BCUT2D eigenvalue weighted by molar-refractivity contribution is 5.74. The van der Waals surface area contributed by atoms with Gasteiger partial charge < -0.3 is 20.5 Å². The molecule has 2 aliphatic carbocycles. The van der Waals surface area contributed by atoms with Gasteiger partial charge in [-0.1, -0.05) is 0 Å². The van der Waals surface area contributed by atoms with Crippen LogP contribution in [0.1, 0.15) is 44.9 Å². The molecule has 2 amide bonds. The van der Waals surface area contributed by atoms with Gasteiger partial charge in [0.05, 0.1) is 6.10 Å². The molecule has 21 heavy (non-hydrogen) atoms. The van der Waals surface area contributed by atoms with Crippen molar-refractivity contribution in [1.82, 2.24) is 10.6 Å². The second-order valence-corrected chi connectivity index (χ2v) is 6.88. The summed E-state index contributed by atoms with van der Waals surface area (Å²) in [6, 6.07) is 0.0847. The molecule has 0 spiro atoms. The summed E-state index contributed by atoms with van der Waals surface area (Å²) in [7, 11) is 0. The van der Waals surface area contributed by atoms with Gasteiger partial charge in [0.1, 0.15) is 0 Å². The van der Waals surface area contributed by atoms with Crippen LogP contribution in [0.4, 0.5) is 4.79 Å². The van der Waals surface area contributed by atoms with Crippen molar-refractivity contribution >= 4 is 6.03 Å². The van der Waals surface area contributed by atoms with Gasteiger partial charge in [-0.3, -0.25) is 0 Å². The van der Waals surface area contributed by atoms with Crippen molar-refractivity contribution in [3.05, 3.63) is 0 Å². The van der Waals surface area contributed by atoms with Crippen LogP contribution in [-0.4, -0.2) is 43.0 Å². The highest BCUT2D eigenvalue weighted by Gasteiger charge is 2.47. The molecule has 3 fully saturated rings. The van der Waals surface area contributed by atoms with Crippen LogP contribution in [0.5, 0.6) is 0 Å². The minimum Gasteiger partial charge on any atom is -0.396 e. The number of fused-ring (bicyclic) bond motifs is 2. The Hall–Kier alpha value is -0.810. The maximum absolute atomic E-state index is 12.0. The van der Waals surface area contributed by atoms with Crippen LogP contribution in [0.25, 0.3) is 0 Å². The molecule has 5 unspecified atom stereocenters. The molecule has 3 rings (SSSR count). The number of hydrogen-bond donors (Lipinski definition) is 3. The lowest BCUT2D eigenvalue weighted by atomic mass is 9.85. The van der Waals surface area contributed by atoms with Gasteiger partial charge in [0.2, 0.25) is 0 Å². The van der Waals surface area contributed by atoms with Gasteiger partial charge in [0.25, 0.3) is 0 Å². The van der Waals surface area contributed by atoms with Gasteiger partial charge in [-0.05, 0) is 56.8 Å². The van der Waals surface area contributed by atoms with E-state index >= 15 is 0 Å². The van der Waals surface area contributed by atoms with Crippen LogP contribution in [0, 0.1) is 17.8 Å². The van der Waals surface area contributed by atoms with Crippen molar-refractivity contribution in [1.29, 1.82) is 0 Å². The Bertz CT molecular complexity index is 357. The maximum atomic E-state index is 12.0. The second kappa shape index (κ2) is 6.97. The third kappa shape index (κ3) is 3.51. The fourth-order valence-corrected chi connectivity index (χ4v) is 4.48. The maximum Gasteiger partial charge on any atom is 0.315 e. The normalized spacial score (nSPS) is 38.4. The average Bonchev–Trinajstić information content (AvgIpc) is 3.09. The Kier molecular flexibility index (Phi) is 5.01. The van der Waals surface area contributed by atoms with Gasteiger partial charge >= 0.3 is 6.03 Å². The number of hydrogen-bond acceptors (Lipinski definition) is 3. The molecule has 0 aromatic heterocycles. The minimum atomic E-state index is -0.0817. The molecule has 5 atom stereocenters. The van der Waals surface area contributed by atoms with E-state index < -0.39 is 0 Å². The van der Waals surface area contributed by atoms with Crippen LogP contribution in [-0.2, 0) is 4.74 Å². The number of carbonyl (C=O) groups is 1. The summed E-state index contributed by atoms with van der Waals surface area (Å²) in [4.78, 5) is 12.0. The van der Waals surface area contributed by atoms with E-state index in [4.69, 9.17) is 4.74 Å². The second-order valence-electron chi connectivity index (χ2n) is 6.88. The monoisotopic (exact) mass is 296 g/mol. The van der Waals surface area contributed by atoms with Gasteiger partial charge in [-0.25, -0.2) is 4.79 Å². The van der Waals surface area contributed by atoms with Crippen molar-refractivity contribution in [2.75, 3.05) is 19.8 Å². The first-order valence-corrected chi connectivity index (χ1v) is 8.54. The highest BCUT2D eigenvalue weighted by Crippen LogP contribution is 2.48. The van der Waals surface area contributed by atoms with E-state index in [0.717, 1.165) is 25.9 Å². The Morgan fingerprint density at radius 1 is 1.19 bits per heavy atom. The smallest absolute Gasteiger partial charge is 0.315 e. The summed E-state index contributed by atoms with van der Waals surface area (Å²) >= 11 is 0. The van der Waals surface area contributed by atoms with Gasteiger partial charge in [-0.2, -0.15) is 0 Å². The number of urea groups is 1. The van der Waals surface area contributed by atoms with Crippen LogP contribution < -0.4 is 10.6 Å². The van der Waals surface area contributed by atoms with E-state index in [1.54, 1.807) is 0 Å². The summed E-state index contributed by atoms with van der Waals surface area (Å²) in [6.07, 6.45) is 8.31. The summed E-state index contributed by atoms with van der Waals surface area (Å²) in [5, 5.41) is 15.6. The lowest BCUT2D eigenvalue weighted by Gasteiger charge is -2.30. The molecule has 3 N–H and O–H groups in total. The molecule has 5 nitrogen and oxygen atoms in total. The largest absolute Gasteiger partial charge is 0.396 e. The Balaban J connectivity index is 1.38. The zero-order valence-corrected chi connectivity index (χ0v) is 12.7. The number of aliphatic hydroxyl groups excluding tert-OH is 1. The van der Waals surface area contributed by atoms with Crippen LogP contribution in [0.3, 0.4) is 0 Å². The lowest BCUT2D eigenvalue weighted by Crippen LogP contribution is -2.49. The Morgan fingerprint density at radius 2 is 2.05 bits per heavy atom. The molecule has 1 heterocycles. The van der Waals surface area contributed by atoms with E-state index in [1.165, 1.54) is 25.7 Å². The molecule has 1 saturated heterocycles. The van der Waals surface area contributed by atoms with E-state index in [0.29, 0.717) is 24.5 Å². The third-order valence-corrected chi connectivity index (χ3v) is 5.62. The highest BCUT2D eigenvalue weighted by atomic mass is 16.5. The first kappa shape index (κ1) is 15.1. The van der Waals surface area contributed by atoms with Crippen molar-refractivity contribution in [2.45, 2.75) is 57.1 Å². The molecule has 2 bridgehead atoms. The third-order valence-electron chi connectivity index (χ3n) is 5.62. The van der Waals surface area contributed by atoms with Crippen LogP contribution in [0.2, 0.25) is 0 Å². The number of carbonyl (C=O) groups excluding carboxylic acids is 1. The van der Waals surface area contributed by atoms with Crippen molar-refractivity contribution in [2.24, 2.45) is 17.8 Å². The minimum absolute atomic E-state index is 0.0817. The molecule has 2 saturated carbocycles. The van der Waals surface area contributed by atoms with Crippen molar-refractivity contribution in [3.8, 4) is 0 Å². The molecule has 3 aliphatic rings. The van der Waals surface area contributed by atoms with E-state index in [2.05, 4.69) is 10.6 Å². The van der Waals surface area contributed by atoms with Gasteiger partial charge in [-0.15, -0.1) is 0 Å². The fourth-order valence-electron chi connectivity index (χ4n) is 4.48. The Morgan fingerprint density at radius 3 is 2.81 bits per heavy atom. The topological polar surface area (TPSA) is 70.6 Å². The first-order valence-electron chi connectivity index (χ1n) is 8.54. The zero-order chi connectivity index (χ0) is 14.7. The summed E-state index contributed by atoms with van der Waals surface area (Å²) in [5.41, 5.74) is 0. The summed E-state index contributed by atoms with van der Waals surface area (Å²) < 4.78 is 5.66. The van der Waals surface area contributed by atoms with E-state index in [9.17, 15) is 9.90 Å². The number of ether oxygens (including phenoxy) is 1. The first-order chi connectivity index (χ1) is 10.3. The molecular weight excluding hydrogens is 268 g/mol. The van der Waals surface area contributed by atoms with Crippen molar-refractivity contribution in [3.63, 3.8) is 0 Å². The molecule has 0 aromatic rings. The predicted molar refractivity (Wildman–Crippen MR) is 79.9 cm³/mol. The molecule has 1 aliphatic heterocycles. The molecule has 0 aromatic carbocycles. The average molecular weight is 296 g/mol. The quantitative estimate of drug-likeness (QED) is 0.722. The van der Waals surface area contributed by atoms with E-state index in [-0.39, 0.29) is 24.6 Å². The zero-order valence-electron chi connectivity index (χ0n) is 12.7. The van der Waals surface area contributed by atoms with E-state index in [1.807, 2.05) is 0 Å². The van der Waals surface area contributed by atoms with Crippen LogP contribution >= 0.6 is 0 Å². The Labute approximate surface area is 126 Å². The molecule has 120 valence electrons. The molecule has 5 heteroatoms. The lowest BCUT2D eigenvalue weighted by molar-refractivity contribution is 0.0119. The van der Waals surface area contributed by atoms with Gasteiger partial charge in [0.15, 0.2) is 0 Å². The summed E-state index contributed by atoms with van der Waals surface area (Å²) in [5.74, 6) is 1.44. The SMILES string of the molecule is O=C(NCCC1CCCCO1)NC1C2CCC(C2)C1CO.